The predicted molar refractivity (Wildman–Crippen MR) is 46.5 cm³/mol. The Kier molecular flexibility index (Phi) is 2.75. The van der Waals surface area contributed by atoms with Gasteiger partial charge in [-0.1, -0.05) is 25.9 Å². The highest BCUT2D eigenvalue weighted by Gasteiger charge is 2.10. The largest absolute Gasteiger partial charge is 0.475 e. The highest BCUT2D eigenvalue weighted by atomic mass is 28.3. The maximum Gasteiger partial charge on any atom is 0.116 e. The maximum atomic E-state index is 5.34. The van der Waals surface area contributed by atoms with E-state index in [-0.39, 0.29) is 0 Å². The Morgan fingerprint density at radius 2 is 2.10 bits per heavy atom. The van der Waals surface area contributed by atoms with Crippen LogP contribution in [-0.2, 0) is 0 Å². The Hall–Kier alpha value is -0.503. The van der Waals surface area contributed by atoms with Crippen molar-refractivity contribution in [2.75, 3.05) is 0 Å². The summed E-state index contributed by atoms with van der Waals surface area (Å²) >= 11 is 0. The first-order valence-electron chi connectivity index (χ1n) is 3.91. The zero-order valence-corrected chi connectivity index (χ0v) is 7.79. The molecule has 1 heterocycles. The lowest BCUT2D eigenvalue weighted by Gasteiger charge is -2.04. The van der Waals surface area contributed by atoms with E-state index in [0.717, 1.165) is 0 Å². The van der Waals surface area contributed by atoms with Crippen molar-refractivity contribution >= 4 is 14.2 Å². The summed E-state index contributed by atoms with van der Waals surface area (Å²) < 4.78 is 5.34. The van der Waals surface area contributed by atoms with Crippen molar-refractivity contribution in [3.8, 4) is 0 Å². The lowest BCUT2D eigenvalue weighted by Crippen LogP contribution is -2.26. The second kappa shape index (κ2) is 3.61. The first-order chi connectivity index (χ1) is 4.88. The van der Waals surface area contributed by atoms with Gasteiger partial charge < -0.3 is 4.42 Å². The Morgan fingerprint density at radius 3 is 2.50 bits per heavy atom. The zero-order valence-electron chi connectivity index (χ0n) is 6.63. The molecule has 0 aromatic carbocycles. The van der Waals surface area contributed by atoms with Crippen LogP contribution in [0.3, 0.4) is 0 Å². The molecule has 0 bridgehead atoms. The number of rotatable bonds is 3. The van der Waals surface area contributed by atoms with Gasteiger partial charge in [0, 0.05) is 0 Å². The van der Waals surface area contributed by atoms with Gasteiger partial charge >= 0.3 is 0 Å². The summed E-state index contributed by atoms with van der Waals surface area (Å²) in [6.07, 6.45) is 1.78. The topological polar surface area (TPSA) is 13.1 Å². The van der Waals surface area contributed by atoms with Gasteiger partial charge in [0.2, 0.25) is 0 Å². The SMILES string of the molecule is CC[SiH](CC)c1ccco1. The number of hydrogen-bond acceptors (Lipinski definition) is 1. The molecule has 0 atom stereocenters. The lowest BCUT2D eigenvalue weighted by molar-refractivity contribution is 0.598. The summed E-state index contributed by atoms with van der Waals surface area (Å²) in [5.74, 6) is 0. The van der Waals surface area contributed by atoms with Crippen molar-refractivity contribution in [2.45, 2.75) is 25.9 Å². The quantitative estimate of drug-likeness (QED) is 0.605. The predicted octanol–water partition coefficient (Wildman–Crippen LogP) is 1.75. The molecule has 0 aliphatic rings. The van der Waals surface area contributed by atoms with Gasteiger partial charge in [0.15, 0.2) is 0 Å². The highest BCUT2D eigenvalue weighted by molar-refractivity contribution is 6.71. The van der Waals surface area contributed by atoms with Crippen LogP contribution in [0.5, 0.6) is 0 Å². The smallest absolute Gasteiger partial charge is 0.116 e. The first-order valence-corrected chi connectivity index (χ1v) is 6.12. The van der Waals surface area contributed by atoms with Crippen molar-refractivity contribution in [1.82, 2.24) is 0 Å². The van der Waals surface area contributed by atoms with Crippen LogP contribution in [0.4, 0.5) is 0 Å². The second-order valence-corrected chi connectivity index (χ2v) is 6.12. The summed E-state index contributed by atoms with van der Waals surface area (Å²) in [5.41, 5.74) is 0. The molecule has 0 fully saturated rings. The van der Waals surface area contributed by atoms with Gasteiger partial charge in [0.1, 0.15) is 8.80 Å². The molecule has 0 aliphatic carbocycles. The van der Waals surface area contributed by atoms with Gasteiger partial charge in [-0.2, -0.15) is 0 Å². The summed E-state index contributed by atoms with van der Waals surface area (Å²) in [6.45, 7) is 4.51. The normalized spacial score (nSPS) is 10.7. The van der Waals surface area contributed by atoms with Crippen LogP contribution in [0, 0.1) is 0 Å². The Morgan fingerprint density at radius 1 is 1.40 bits per heavy atom. The molecule has 2 heteroatoms. The van der Waals surface area contributed by atoms with E-state index in [9.17, 15) is 0 Å². The third-order valence-corrected chi connectivity index (χ3v) is 5.04. The molecular weight excluding hydrogens is 140 g/mol. The first kappa shape index (κ1) is 7.60. The molecule has 0 unspecified atom stereocenters. The third-order valence-electron chi connectivity index (χ3n) is 1.93. The van der Waals surface area contributed by atoms with Crippen LogP contribution in [0.25, 0.3) is 0 Å². The molecular formula is C8H14OSi. The number of furan rings is 1. The molecule has 0 saturated heterocycles. The van der Waals surface area contributed by atoms with Gasteiger partial charge in [0.25, 0.3) is 0 Å². The van der Waals surface area contributed by atoms with E-state index in [1.54, 1.807) is 6.26 Å². The van der Waals surface area contributed by atoms with Crippen molar-refractivity contribution in [2.24, 2.45) is 0 Å². The summed E-state index contributed by atoms with van der Waals surface area (Å²) in [4.78, 5) is 0. The molecule has 10 heavy (non-hydrogen) atoms. The Bertz CT molecular complexity index is 165. The Labute approximate surface area is 63.7 Å². The van der Waals surface area contributed by atoms with Gasteiger partial charge in [-0.25, -0.2) is 0 Å². The average Bonchev–Trinajstić information content (AvgIpc) is 2.43. The van der Waals surface area contributed by atoms with Gasteiger partial charge in [-0.15, -0.1) is 0 Å². The molecule has 0 amide bonds. The van der Waals surface area contributed by atoms with Gasteiger partial charge in [0.05, 0.1) is 11.6 Å². The summed E-state index contributed by atoms with van der Waals surface area (Å²) in [6, 6.07) is 6.72. The van der Waals surface area contributed by atoms with Crippen LogP contribution < -0.4 is 5.38 Å². The minimum Gasteiger partial charge on any atom is -0.475 e. The second-order valence-electron chi connectivity index (χ2n) is 2.53. The van der Waals surface area contributed by atoms with E-state index in [2.05, 4.69) is 19.9 Å². The molecule has 1 aromatic rings. The Balaban J connectivity index is 2.64. The molecule has 1 rings (SSSR count). The van der Waals surface area contributed by atoms with E-state index in [1.807, 2.05) is 6.07 Å². The van der Waals surface area contributed by atoms with Crippen molar-refractivity contribution in [3.05, 3.63) is 18.4 Å². The minimum atomic E-state index is -0.668. The lowest BCUT2D eigenvalue weighted by atomic mass is 10.7. The molecule has 0 spiro atoms. The third kappa shape index (κ3) is 1.51. The van der Waals surface area contributed by atoms with E-state index < -0.39 is 8.80 Å². The van der Waals surface area contributed by atoms with E-state index >= 15 is 0 Å². The molecule has 1 nitrogen and oxygen atoms in total. The molecule has 0 saturated carbocycles. The van der Waals surface area contributed by atoms with Gasteiger partial charge in [-0.05, 0) is 12.1 Å². The van der Waals surface area contributed by atoms with Crippen LogP contribution in [0.1, 0.15) is 13.8 Å². The molecule has 0 radical (unpaired) electrons. The van der Waals surface area contributed by atoms with Crippen LogP contribution in [0.2, 0.25) is 12.1 Å². The van der Waals surface area contributed by atoms with Crippen molar-refractivity contribution in [1.29, 1.82) is 0 Å². The fourth-order valence-corrected chi connectivity index (χ4v) is 3.25. The molecule has 56 valence electrons. The summed E-state index contributed by atoms with van der Waals surface area (Å²) in [5, 5.41) is 1.27. The van der Waals surface area contributed by atoms with Crippen molar-refractivity contribution in [3.63, 3.8) is 0 Å². The fraction of sp³-hybridized carbons (Fsp3) is 0.500. The fourth-order valence-electron chi connectivity index (χ4n) is 1.21. The summed E-state index contributed by atoms with van der Waals surface area (Å²) in [7, 11) is -0.668. The zero-order chi connectivity index (χ0) is 7.40. The molecule has 0 aliphatic heterocycles. The van der Waals surface area contributed by atoms with E-state index in [1.165, 1.54) is 17.5 Å². The standard InChI is InChI=1S/C8H14OSi/c1-3-10(4-2)8-6-5-7-9-8/h5-7,10H,3-4H2,1-2H3. The van der Waals surface area contributed by atoms with Crippen molar-refractivity contribution < 1.29 is 4.42 Å². The molecule has 0 N–H and O–H groups in total. The molecule has 1 aromatic heterocycles. The van der Waals surface area contributed by atoms with Crippen LogP contribution in [0.15, 0.2) is 22.8 Å². The monoisotopic (exact) mass is 154 g/mol. The van der Waals surface area contributed by atoms with E-state index in [0.29, 0.717) is 0 Å². The number of hydrogen-bond donors (Lipinski definition) is 0. The minimum absolute atomic E-state index is 0.668. The highest BCUT2D eigenvalue weighted by Crippen LogP contribution is 1.99. The average molecular weight is 154 g/mol. The van der Waals surface area contributed by atoms with Gasteiger partial charge in [-0.3, -0.25) is 0 Å². The maximum absolute atomic E-state index is 5.34. The van der Waals surface area contributed by atoms with Crippen LogP contribution >= 0.6 is 0 Å². The van der Waals surface area contributed by atoms with E-state index in [4.69, 9.17) is 4.42 Å². The van der Waals surface area contributed by atoms with Crippen LogP contribution in [-0.4, -0.2) is 8.80 Å².